The summed E-state index contributed by atoms with van der Waals surface area (Å²) in [6.07, 6.45) is 4.56. The molecule has 2 heterocycles. The molecule has 0 aromatic heterocycles. The standard InChI is InChI=1S/C26H22ClN3O2.C19H17ClN2O2.C7H4BrN/c1-18-7-11-22(12-8-18)29-24(31)30(23-13-9-20(27)10-14-23)26(32,25(29)15-4-16-25)19-5-3-6-21(17-19)28-2;1-13-3-7-16(8-4-13)22-18(24)21(15-9-5-14(20)6-10-15)17(23)19(22)11-2-12-19;1-9-7-4-2-3-6(8)5-7/h3,5-14,17,32H,4,15-16H2,1H3;3-10H,2,11-12H2,1H3;2-5H. The highest BCUT2D eigenvalue weighted by Gasteiger charge is 2.70. The van der Waals surface area contributed by atoms with Gasteiger partial charge in [0.25, 0.3) is 5.91 Å². The lowest BCUT2D eigenvalue weighted by molar-refractivity contribution is -0.123. The molecule has 4 fully saturated rings. The van der Waals surface area contributed by atoms with Crippen LogP contribution in [0.15, 0.2) is 150 Å². The SMILES string of the molecule is Cc1ccc(N2C(=O)N(c3ccc(Cl)cc3)C(=O)C23CCC3)cc1.[C-]#[N+]c1cccc(Br)c1.[C-]#[N+]c1cccc(C2(O)N(c3ccc(Cl)cc3)C(=O)N(c3ccc(C)cc3)C23CCC3)c1. The number of anilines is 4. The zero-order valence-corrected chi connectivity index (χ0v) is 38.7. The number of hydrogen-bond donors (Lipinski definition) is 1. The van der Waals surface area contributed by atoms with Gasteiger partial charge in [0.1, 0.15) is 11.1 Å². The van der Waals surface area contributed by atoms with Crippen molar-refractivity contribution in [2.75, 3.05) is 19.6 Å². The molecule has 13 heteroatoms. The number of nitrogens with zero attached hydrogens (tertiary/aromatic N) is 6. The Bertz CT molecular complexity index is 2850. The third-order valence-electron chi connectivity index (χ3n) is 12.6. The Labute approximate surface area is 397 Å². The zero-order valence-electron chi connectivity index (χ0n) is 35.6. The maximum Gasteiger partial charge on any atom is 0.336 e. The van der Waals surface area contributed by atoms with Crippen LogP contribution in [0.5, 0.6) is 0 Å². The second-order valence-corrected chi connectivity index (χ2v) is 18.3. The quantitative estimate of drug-likeness (QED) is 0.138. The van der Waals surface area contributed by atoms with Gasteiger partial charge >= 0.3 is 12.1 Å². The van der Waals surface area contributed by atoms with Gasteiger partial charge in [-0.3, -0.25) is 19.5 Å². The number of hydrogen-bond acceptors (Lipinski definition) is 4. The van der Waals surface area contributed by atoms with E-state index in [0.29, 0.717) is 64.0 Å². The van der Waals surface area contributed by atoms with Crippen molar-refractivity contribution in [1.82, 2.24) is 0 Å². The van der Waals surface area contributed by atoms with Crippen LogP contribution in [0.2, 0.25) is 10.0 Å². The Morgan fingerprint density at radius 3 is 1.49 bits per heavy atom. The van der Waals surface area contributed by atoms with Gasteiger partial charge in [-0.15, -0.1) is 0 Å². The van der Waals surface area contributed by atoms with E-state index in [9.17, 15) is 19.5 Å². The molecule has 326 valence electrons. The molecule has 10 rings (SSSR count). The summed E-state index contributed by atoms with van der Waals surface area (Å²) in [6, 6.07) is 42.9. The minimum Gasteiger partial charge on any atom is -0.365 e. The zero-order chi connectivity index (χ0) is 46.1. The van der Waals surface area contributed by atoms with Crippen LogP contribution >= 0.6 is 39.1 Å². The molecule has 1 atom stereocenters. The Morgan fingerprint density at radius 1 is 0.569 bits per heavy atom. The first-order chi connectivity index (χ1) is 31.3. The molecule has 2 aliphatic heterocycles. The third kappa shape index (κ3) is 8.04. The lowest BCUT2D eigenvalue weighted by Gasteiger charge is -2.52. The molecule has 0 radical (unpaired) electrons. The summed E-state index contributed by atoms with van der Waals surface area (Å²) < 4.78 is 0.955. The van der Waals surface area contributed by atoms with Crippen molar-refractivity contribution in [3.05, 3.63) is 200 Å². The van der Waals surface area contributed by atoms with Gasteiger partial charge < -0.3 is 5.11 Å². The molecule has 2 spiro atoms. The number of aryl methyl sites for hydroxylation is 2. The van der Waals surface area contributed by atoms with Crippen LogP contribution in [0.25, 0.3) is 9.69 Å². The van der Waals surface area contributed by atoms with Crippen LogP contribution in [0.1, 0.15) is 55.2 Å². The van der Waals surface area contributed by atoms with E-state index in [1.165, 1.54) is 9.80 Å². The molecule has 2 aliphatic carbocycles. The summed E-state index contributed by atoms with van der Waals surface area (Å²) in [6.45, 7) is 18.1. The smallest absolute Gasteiger partial charge is 0.336 e. The molecule has 10 nitrogen and oxygen atoms in total. The topological polar surface area (TPSA) is 93.1 Å². The molecule has 5 amide bonds. The molecule has 65 heavy (non-hydrogen) atoms. The largest absolute Gasteiger partial charge is 0.365 e. The molecule has 6 aromatic rings. The van der Waals surface area contributed by atoms with Crippen molar-refractivity contribution in [3.8, 4) is 0 Å². The fourth-order valence-corrected chi connectivity index (χ4v) is 9.68. The molecule has 6 aromatic carbocycles. The molecule has 4 aliphatic rings. The van der Waals surface area contributed by atoms with Crippen molar-refractivity contribution in [2.45, 2.75) is 69.2 Å². The molecular formula is C52H43BrCl2N6O4. The van der Waals surface area contributed by atoms with Crippen LogP contribution in [-0.2, 0) is 10.5 Å². The first-order valence-electron chi connectivity index (χ1n) is 21.1. The summed E-state index contributed by atoms with van der Waals surface area (Å²) in [4.78, 5) is 53.2. The van der Waals surface area contributed by atoms with E-state index in [4.69, 9.17) is 36.3 Å². The summed E-state index contributed by atoms with van der Waals surface area (Å²) in [5.41, 5.74) is 3.24. The van der Waals surface area contributed by atoms with E-state index in [0.717, 1.165) is 39.8 Å². The van der Waals surface area contributed by atoms with Crippen LogP contribution in [0.3, 0.4) is 0 Å². The summed E-state index contributed by atoms with van der Waals surface area (Å²) in [7, 11) is 0. The van der Waals surface area contributed by atoms with Gasteiger partial charge in [0, 0.05) is 31.6 Å². The van der Waals surface area contributed by atoms with Crippen molar-refractivity contribution in [1.29, 1.82) is 0 Å². The maximum absolute atomic E-state index is 14.0. The number of rotatable bonds is 5. The van der Waals surface area contributed by atoms with E-state index >= 15 is 0 Å². The van der Waals surface area contributed by atoms with Crippen molar-refractivity contribution >= 4 is 91.2 Å². The van der Waals surface area contributed by atoms with Crippen molar-refractivity contribution in [3.63, 3.8) is 0 Å². The molecule has 1 N–H and O–H groups in total. The lowest BCUT2D eigenvalue weighted by Crippen LogP contribution is -2.63. The Hall–Kier alpha value is -6.47. The van der Waals surface area contributed by atoms with Gasteiger partial charge in [0.2, 0.25) is 0 Å². The fraction of sp³-hybridized carbons (Fsp3) is 0.212. The predicted molar refractivity (Wildman–Crippen MR) is 261 cm³/mol. The van der Waals surface area contributed by atoms with E-state index in [2.05, 4.69) is 25.6 Å². The minimum atomic E-state index is -1.65. The normalized spacial score (nSPS) is 18.8. The van der Waals surface area contributed by atoms with E-state index in [-0.39, 0.29) is 18.0 Å². The average Bonchev–Trinajstić information content (AvgIpc) is 3.66. The molecule has 2 saturated carbocycles. The molecule has 1 unspecified atom stereocenters. The maximum atomic E-state index is 14.0. The average molecular weight is 967 g/mol. The highest BCUT2D eigenvalue weighted by atomic mass is 79.9. The van der Waals surface area contributed by atoms with Gasteiger partial charge in [-0.25, -0.2) is 24.2 Å². The summed E-state index contributed by atoms with van der Waals surface area (Å²) in [5.74, 6) is -0.137. The number of amides is 5. The van der Waals surface area contributed by atoms with Gasteiger partial charge in [-0.2, -0.15) is 0 Å². The van der Waals surface area contributed by atoms with E-state index < -0.39 is 16.8 Å². The van der Waals surface area contributed by atoms with E-state index in [1.54, 1.807) is 94.7 Å². The summed E-state index contributed by atoms with van der Waals surface area (Å²) in [5, 5.41) is 13.6. The van der Waals surface area contributed by atoms with Crippen LogP contribution < -0.4 is 19.6 Å². The van der Waals surface area contributed by atoms with E-state index in [1.807, 2.05) is 74.5 Å². The van der Waals surface area contributed by atoms with Gasteiger partial charge in [-0.05, 0) is 143 Å². The number of benzene rings is 6. The number of carbonyl (C=O) groups excluding carboxylic acids is 3. The highest BCUT2D eigenvalue weighted by molar-refractivity contribution is 9.10. The van der Waals surface area contributed by atoms with Gasteiger partial charge in [-0.1, -0.05) is 111 Å². The number of aliphatic hydroxyl groups is 1. The first-order valence-corrected chi connectivity index (χ1v) is 22.6. The second kappa shape index (κ2) is 18.2. The minimum absolute atomic E-state index is 0.137. The monoisotopic (exact) mass is 964 g/mol. The van der Waals surface area contributed by atoms with Crippen LogP contribution in [-0.4, -0.2) is 34.2 Å². The number of halogens is 3. The Morgan fingerprint density at radius 2 is 1.03 bits per heavy atom. The van der Waals surface area contributed by atoms with Crippen LogP contribution in [0.4, 0.5) is 43.7 Å². The lowest BCUT2D eigenvalue weighted by atomic mass is 9.66. The van der Waals surface area contributed by atoms with Gasteiger partial charge in [0.15, 0.2) is 17.1 Å². The Kier molecular flexibility index (Phi) is 12.6. The molecule has 2 saturated heterocycles. The Balaban J connectivity index is 0.000000153. The second-order valence-electron chi connectivity index (χ2n) is 16.5. The van der Waals surface area contributed by atoms with Crippen molar-refractivity contribution in [2.24, 2.45) is 0 Å². The number of urea groups is 2. The highest BCUT2D eigenvalue weighted by Crippen LogP contribution is 2.59. The predicted octanol–water partition coefficient (Wildman–Crippen LogP) is 14.0. The first kappa shape index (κ1) is 45.1. The van der Waals surface area contributed by atoms with Crippen LogP contribution in [0, 0.1) is 27.0 Å². The van der Waals surface area contributed by atoms with Crippen molar-refractivity contribution < 1.29 is 19.5 Å². The molecular weight excluding hydrogens is 923 g/mol. The molecule has 0 bridgehead atoms. The van der Waals surface area contributed by atoms with Gasteiger partial charge in [0.05, 0.1) is 18.8 Å². The summed E-state index contributed by atoms with van der Waals surface area (Å²) >= 11 is 15.3. The fourth-order valence-electron chi connectivity index (χ4n) is 9.04. The number of carbonyl (C=O) groups is 3. The number of imide groups is 1. The third-order valence-corrected chi connectivity index (χ3v) is 13.6.